The number of hydrogen-bond donors (Lipinski definition) is 1. The Labute approximate surface area is 161 Å². The highest BCUT2D eigenvalue weighted by Crippen LogP contribution is 2.41. The van der Waals surface area contributed by atoms with Gasteiger partial charge in [-0.25, -0.2) is 14.0 Å². The molecule has 1 aromatic carbocycles. The molecule has 0 bridgehead atoms. The SMILES string of the molecule is COC(=O)NCC1OC(=O)N2c3cc(F)c(C4=CCN(C#N)CC4)cc3C[C@@H]12. The van der Waals surface area contributed by atoms with Crippen LogP contribution in [-0.2, 0) is 15.9 Å². The molecule has 1 unspecified atom stereocenters. The molecular formula is C19H19FN4O4. The summed E-state index contributed by atoms with van der Waals surface area (Å²) in [7, 11) is 1.26. The number of amides is 2. The lowest BCUT2D eigenvalue weighted by Crippen LogP contribution is -2.40. The zero-order valence-corrected chi connectivity index (χ0v) is 15.3. The number of hydrogen-bond acceptors (Lipinski definition) is 6. The fraction of sp³-hybridized carbons (Fsp3) is 0.421. The van der Waals surface area contributed by atoms with E-state index in [-0.39, 0.29) is 12.6 Å². The monoisotopic (exact) mass is 386 g/mol. The molecule has 0 aromatic heterocycles. The molecule has 1 N–H and O–H groups in total. The molecule has 9 heteroatoms. The molecule has 3 aliphatic heterocycles. The maximum absolute atomic E-state index is 14.8. The van der Waals surface area contributed by atoms with Crippen LogP contribution in [0.25, 0.3) is 5.57 Å². The van der Waals surface area contributed by atoms with Crippen molar-refractivity contribution in [3.63, 3.8) is 0 Å². The first-order chi connectivity index (χ1) is 13.5. The van der Waals surface area contributed by atoms with Gasteiger partial charge >= 0.3 is 12.2 Å². The van der Waals surface area contributed by atoms with E-state index in [4.69, 9.17) is 10.00 Å². The molecule has 0 spiro atoms. The second kappa shape index (κ2) is 7.03. The van der Waals surface area contributed by atoms with E-state index < -0.39 is 24.1 Å². The largest absolute Gasteiger partial charge is 0.453 e. The van der Waals surface area contributed by atoms with Gasteiger partial charge in [0.25, 0.3) is 0 Å². The zero-order valence-electron chi connectivity index (χ0n) is 15.3. The van der Waals surface area contributed by atoms with Crippen molar-refractivity contribution in [1.82, 2.24) is 10.2 Å². The van der Waals surface area contributed by atoms with E-state index in [9.17, 15) is 14.0 Å². The molecule has 0 radical (unpaired) electrons. The Morgan fingerprint density at radius 3 is 3.00 bits per heavy atom. The number of cyclic esters (lactones) is 1. The molecule has 0 saturated carbocycles. The summed E-state index contributed by atoms with van der Waals surface area (Å²) in [4.78, 5) is 26.7. The molecule has 1 fully saturated rings. The molecule has 2 atom stereocenters. The van der Waals surface area contributed by atoms with Crippen LogP contribution in [0, 0.1) is 17.3 Å². The summed E-state index contributed by atoms with van der Waals surface area (Å²) in [6.45, 7) is 1.14. The number of carbonyl (C=O) groups excluding carboxylic acids is 2. The van der Waals surface area contributed by atoms with Gasteiger partial charge in [-0.05, 0) is 36.1 Å². The van der Waals surface area contributed by atoms with Crippen molar-refractivity contribution >= 4 is 23.4 Å². The van der Waals surface area contributed by atoms with Crippen molar-refractivity contribution in [3.05, 3.63) is 35.2 Å². The molecule has 3 aliphatic rings. The van der Waals surface area contributed by atoms with Gasteiger partial charge in [0.2, 0.25) is 0 Å². The number of anilines is 1. The normalized spacial score (nSPS) is 22.8. The third kappa shape index (κ3) is 3.01. The van der Waals surface area contributed by atoms with E-state index >= 15 is 0 Å². The minimum atomic E-state index is -0.603. The Morgan fingerprint density at radius 1 is 1.50 bits per heavy atom. The fourth-order valence-corrected chi connectivity index (χ4v) is 3.97. The highest BCUT2D eigenvalue weighted by atomic mass is 19.1. The highest BCUT2D eigenvalue weighted by Gasteiger charge is 2.48. The number of benzene rings is 1. The molecule has 2 amide bonds. The summed E-state index contributed by atoms with van der Waals surface area (Å²) < 4.78 is 24.7. The maximum atomic E-state index is 14.8. The smallest absolute Gasteiger partial charge is 0.415 e. The highest BCUT2D eigenvalue weighted by molar-refractivity contribution is 5.94. The van der Waals surface area contributed by atoms with Crippen molar-refractivity contribution < 1.29 is 23.5 Å². The predicted octanol–water partition coefficient (Wildman–Crippen LogP) is 2.00. The van der Waals surface area contributed by atoms with Crippen LogP contribution in [0.1, 0.15) is 17.5 Å². The summed E-state index contributed by atoms with van der Waals surface area (Å²) in [6, 6.07) is 2.86. The number of alkyl carbamates (subject to hydrolysis) is 1. The number of methoxy groups -OCH3 is 1. The van der Waals surface area contributed by atoms with Gasteiger partial charge in [0.05, 0.1) is 25.4 Å². The number of nitrogens with one attached hydrogen (secondary N) is 1. The van der Waals surface area contributed by atoms with Gasteiger partial charge in [-0.2, -0.15) is 5.26 Å². The Morgan fingerprint density at radius 2 is 2.32 bits per heavy atom. The Hall–Kier alpha value is -3.28. The van der Waals surface area contributed by atoms with Crippen LogP contribution < -0.4 is 10.2 Å². The summed E-state index contributed by atoms with van der Waals surface area (Å²) >= 11 is 0. The van der Waals surface area contributed by atoms with Crippen LogP contribution >= 0.6 is 0 Å². The molecule has 1 saturated heterocycles. The van der Waals surface area contributed by atoms with Crippen LogP contribution in [-0.4, -0.2) is 56.0 Å². The quantitative estimate of drug-likeness (QED) is 0.799. The van der Waals surface area contributed by atoms with Gasteiger partial charge in [0, 0.05) is 18.7 Å². The van der Waals surface area contributed by atoms with Crippen molar-refractivity contribution in [2.24, 2.45) is 0 Å². The van der Waals surface area contributed by atoms with E-state index in [2.05, 4.69) is 16.2 Å². The summed E-state index contributed by atoms with van der Waals surface area (Å²) in [6.07, 6.45) is 3.37. The van der Waals surface area contributed by atoms with Crippen LogP contribution in [0.2, 0.25) is 0 Å². The topological polar surface area (TPSA) is 94.9 Å². The fourth-order valence-electron chi connectivity index (χ4n) is 3.97. The number of nitrogens with zero attached hydrogens (tertiary/aromatic N) is 3. The van der Waals surface area contributed by atoms with Crippen LogP contribution in [0.15, 0.2) is 18.2 Å². The zero-order chi connectivity index (χ0) is 19.8. The number of rotatable bonds is 3. The first-order valence-corrected chi connectivity index (χ1v) is 9.00. The molecular weight excluding hydrogens is 367 g/mol. The number of carbonyl (C=O) groups is 2. The van der Waals surface area contributed by atoms with Gasteiger partial charge in [0.15, 0.2) is 6.19 Å². The first-order valence-electron chi connectivity index (χ1n) is 9.00. The number of nitriles is 1. The van der Waals surface area contributed by atoms with Crippen molar-refractivity contribution in [2.75, 3.05) is 31.6 Å². The summed E-state index contributed by atoms with van der Waals surface area (Å²) in [5.41, 5.74) is 2.75. The van der Waals surface area contributed by atoms with Gasteiger partial charge in [-0.3, -0.25) is 4.90 Å². The van der Waals surface area contributed by atoms with E-state index in [0.717, 1.165) is 11.1 Å². The number of fused-ring (bicyclic) bond motifs is 3. The lowest BCUT2D eigenvalue weighted by molar-refractivity contribution is 0.123. The number of halogens is 1. The molecule has 0 aliphatic carbocycles. The molecule has 146 valence electrons. The Balaban J connectivity index is 1.57. The second-order valence-corrected chi connectivity index (χ2v) is 6.92. The third-order valence-electron chi connectivity index (χ3n) is 5.40. The predicted molar refractivity (Wildman–Crippen MR) is 96.8 cm³/mol. The van der Waals surface area contributed by atoms with Gasteiger partial charge < -0.3 is 19.7 Å². The van der Waals surface area contributed by atoms with Crippen LogP contribution in [0.5, 0.6) is 0 Å². The summed E-state index contributed by atoms with van der Waals surface area (Å²) in [5.74, 6) is -0.403. The lowest BCUT2D eigenvalue weighted by atomic mass is 9.95. The number of ether oxygens (including phenoxy) is 2. The molecule has 4 rings (SSSR count). The van der Waals surface area contributed by atoms with Gasteiger partial charge in [0.1, 0.15) is 11.9 Å². The van der Waals surface area contributed by atoms with Gasteiger partial charge in [-0.15, -0.1) is 0 Å². The van der Waals surface area contributed by atoms with Crippen LogP contribution in [0.3, 0.4) is 0 Å². The van der Waals surface area contributed by atoms with E-state index in [1.165, 1.54) is 18.1 Å². The van der Waals surface area contributed by atoms with E-state index in [1.54, 1.807) is 11.0 Å². The third-order valence-corrected chi connectivity index (χ3v) is 5.40. The van der Waals surface area contributed by atoms with Crippen LogP contribution in [0.4, 0.5) is 19.7 Å². The first kappa shape index (κ1) is 18.1. The summed E-state index contributed by atoms with van der Waals surface area (Å²) in [5, 5.41) is 11.5. The Bertz CT molecular complexity index is 910. The van der Waals surface area contributed by atoms with Gasteiger partial charge in [-0.1, -0.05) is 6.08 Å². The maximum Gasteiger partial charge on any atom is 0.415 e. The minimum Gasteiger partial charge on any atom is -0.453 e. The van der Waals surface area contributed by atoms with E-state index in [1.807, 2.05) is 6.08 Å². The van der Waals surface area contributed by atoms with Crippen molar-refractivity contribution in [1.29, 1.82) is 5.26 Å². The standard InChI is InChI=1S/C19H19FN4O4/c1-27-18(25)22-9-17-16-7-12-6-13(11-2-4-23(10-21)5-3-11)14(20)8-15(12)24(16)19(26)28-17/h2,6,8,16-17H,3-5,7,9H2,1H3,(H,22,25)/t16-,17?/m0/s1. The molecule has 28 heavy (non-hydrogen) atoms. The second-order valence-electron chi connectivity index (χ2n) is 6.92. The lowest BCUT2D eigenvalue weighted by Gasteiger charge is -2.22. The average molecular weight is 386 g/mol. The average Bonchev–Trinajstić information content (AvgIpc) is 3.22. The molecule has 3 heterocycles. The Kier molecular flexibility index (Phi) is 4.55. The molecule has 8 nitrogen and oxygen atoms in total. The van der Waals surface area contributed by atoms with Crippen molar-refractivity contribution in [3.8, 4) is 6.19 Å². The van der Waals surface area contributed by atoms with Crippen molar-refractivity contribution in [2.45, 2.75) is 25.0 Å². The van der Waals surface area contributed by atoms with E-state index in [0.29, 0.717) is 37.2 Å². The molecule has 1 aromatic rings. The minimum absolute atomic E-state index is 0.123.